The van der Waals surface area contributed by atoms with Crippen molar-refractivity contribution in [2.75, 3.05) is 0 Å². The maximum absolute atomic E-state index is 5.87. The average molecular weight is 296 g/mol. The molecular weight excluding hydrogens is 278 g/mol. The monoisotopic (exact) mass is 295 g/mol. The third-order valence-corrected chi connectivity index (χ3v) is 3.07. The highest BCUT2D eigenvalue weighted by Crippen LogP contribution is 2.27. The molecule has 2 rings (SSSR count). The first-order chi connectivity index (χ1) is 7.85. The van der Waals surface area contributed by atoms with Crippen molar-refractivity contribution in [1.82, 2.24) is 5.32 Å². The van der Waals surface area contributed by atoms with Gasteiger partial charge in [0.05, 0.1) is 6.54 Å². The van der Waals surface area contributed by atoms with Gasteiger partial charge < -0.3 is 9.73 Å². The molecule has 0 radical (unpaired) electrons. The van der Waals surface area contributed by atoms with Gasteiger partial charge in [-0.25, -0.2) is 0 Å². The first-order valence-electron chi connectivity index (χ1n) is 5.79. The fourth-order valence-corrected chi connectivity index (χ4v) is 2.37. The van der Waals surface area contributed by atoms with Crippen molar-refractivity contribution < 1.29 is 4.42 Å². The molecule has 2 nitrogen and oxygen atoms in total. The summed E-state index contributed by atoms with van der Waals surface area (Å²) in [7, 11) is 0. The van der Waals surface area contributed by atoms with E-state index in [1.807, 2.05) is 0 Å². The van der Waals surface area contributed by atoms with Gasteiger partial charge >= 0.3 is 0 Å². The van der Waals surface area contributed by atoms with Crippen LogP contribution >= 0.6 is 15.9 Å². The van der Waals surface area contributed by atoms with E-state index in [1.165, 1.54) is 0 Å². The van der Waals surface area contributed by atoms with Crippen molar-refractivity contribution in [3.05, 3.63) is 34.0 Å². The van der Waals surface area contributed by atoms with Crippen LogP contribution in [0.5, 0.6) is 0 Å². The molecule has 0 unspecified atom stereocenters. The number of hydrogen-bond donors (Lipinski definition) is 1. The molecule has 1 heterocycles. The zero-order valence-corrected chi connectivity index (χ0v) is 12.3. The maximum atomic E-state index is 5.87. The van der Waals surface area contributed by atoms with Crippen molar-refractivity contribution in [2.45, 2.75) is 39.8 Å². The summed E-state index contributed by atoms with van der Waals surface area (Å²) in [6.45, 7) is 9.28. The summed E-state index contributed by atoms with van der Waals surface area (Å²) in [5, 5.41) is 4.58. The van der Waals surface area contributed by atoms with Gasteiger partial charge in [0.1, 0.15) is 11.3 Å². The minimum absolute atomic E-state index is 0.106. The van der Waals surface area contributed by atoms with Gasteiger partial charge in [-0.2, -0.15) is 0 Å². The van der Waals surface area contributed by atoms with Crippen molar-refractivity contribution in [3.8, 4) is 0 Å². The highest BCUT2D eigenvalue weighted by molar-refractivity contribution is 9.10. The van der Waals surface area contributed by atoms with Crippen molar-refractivity contribution in [3.63, 3.8) is 0 Å². The first-order valence-corrected chi connectivity index (χ1v) is 6.58. The molecule has 0 saturated carbocycles. The molecule has 0 saturated heterocycles. The number of aryl methyl sites for hydroxylation is 1. The molecule has 0 fully saturated rings. The van der Waals surface area contributed by atoms with Crippen LogP contribution < -0.4 is 5.32 Å². The Balaban J connectivity index is 2.29. The molecule has 17 heavy (non-hydrogen) atoms. The fraction of sp³-hybridized carbons (Fsp3) is 0.429. The summed E-state index contributed by atoms with van der Waals surface area (Å²) in [6, 6.07) is 6.27. The Morgan fingerprint density at radius 3 is 2.59 bits per heavy atom. The third-order valence-electron chi connectivity index (χ3n) is 2.61. The van der Waals surface area contributed by atoms with Crippen LogP contribution in [-0.2, 0) is 6.54 Å². The van der Waals surface area contributed by atoms with Crippen LogP contribution in [0.25, 0.3) is 11.0 Å². The lowest BCUT2D eigenvalue weighted by Gasteiger charge is -2.19. The van der Waals surface area contributed by atoms with Crippen molar-refractivity contribution >= 4 is 26.9 Å². The van der Waals surface area contributed by atoms with E-state index in [-0.39, 0.29) is 5.54 Å². The quantitative estimate of drug-likeness (QED) is 0.889. The van der Waals surface area contributed by atoms with Gasteiger partial charge in [-0.1, -0.05) is 15.9 Å². The van der Waals surface area contributed by atoms with E-state index in [0.717, 1.165) is 33.3 Å². The lowest BCUT2D eigenvalue weighted by Crippen LogP contribution is -2.34. The summed E-state index contributed by atoms with van der Waals surface area (Å²) >= 11 is 3.51. The standard InChI is InChI=1S/C14H18BrNO/c1-9-5-11(15)6-10-7-12(17-13(9)10)8-16-14(2,3)4/h5-7,16H,8H2,1-4H3. The molecule has 0 aliphatic rings. The van der Waals surface area contributed by atoms with E-state index < -0.39 is 0 Å². The molecule has 0 spiro atoms. The molecule has 92 valence electrons. The van der Waals surface area contributed by atoms with Gasteiger partial charge in [0, 0.05) is 15.4 Å². The second-order valence-corrected chi connectivity index (χ2v) is 6.37. The molecule has 1 aromatic carbocycles. The second-order valence-electron chi connectivity index (χ2n) is 5.46. The minimum atomic E-state index is 0.106. The number of hydrogen-bond acceptors (Lipinski definition) is 2. The third kappa shape index (κ3) is 3.11. The van der Waals surface area contributed by atoms with Gasteiger partial charge in [-0.05, 0) is 51.5 Å². The number of furan rings is 1. The van der Waals surface area contributed by atoms with E-state index in [1.54, 1.807) is 0 Å². The van der Waals surface area contributed by atoms with Gasteiger partial charge in [0.2, 0.25) is 0 Å². The fourth-order valence-electron chi connectivity index (χ4n) is 1.78. The van der Waals surface area contributed by atoms with Gasteiger partial charge in [-0.15, -0.1) is 0 Å². The number of nitrogens with one attached hydrogen (secondary N) is 1. The highest BCUT2D eigenvalue weighted by atomic mass is 79.9. The van der Waals surface area contributed by atoms with Crippen LogP contribution in [0.1, 0.15) is 32.1 Å². The van der Waals surface area contributed by atoms with Crippen LogP contribution in [0, 0.1) is 6.92 Å². The topological polar surface area (TPSA) is 25.2 Å². The van der Waals surface area contributed by atoms with Gasteiger partial charge in [-0.3, -0.25) is 0 Å². The largest absolute Gasteiger partial charge is 0.459 e. The summed E-state index contributed by atoms with van der Waals surface area (Å²) < 4.78 is 6.96. The van der Waals surface area contributed by atoms with Crippen LogP contribution in [0.4, 0.5) is 0 Å². The van der Waals surface area contributed by atoms with E-state index in [4.69, 9.17) is 4.42 Å². The number of halogens is 1. The molecule has 0 amide bonds. The Kier molecular flexibility index (Phi) is 3.32. The van der Waals surface area contributed by atoms with E-state index >= 15 is 0 Å². The number of rotatable bonds is 2. The predicted molar refractivity (Wildman–Crippen MR) is 75.2 cm³/mol. The molecule has 2 aromatic rings. The van der Waals surface area contributed by atoms with E-state index in [0.29, 0.717) is 0 Å². The Labute approximate surface area is 111 Å². The highest BCUT2D eigenvalue weighted by Gasteiger charge is 2.12. The summed E-state index contributed by atoms with van der Waals surface area (Å²) in [5.74, 6) is 0.983. The SMILES string of the molecule is Cc1cc(Br)cc2cc(CNC(C)(C)C)oc12. The zero-order chi connectivity index (χ0) is 12.6. The molecule has 3 heteroatoms. The lowest BCUT2D eigenvalue weighted by atomic mass is 10.1. The van der Waals surface area contributed by atoms with Crippen LogP contribution in [0.2, 0.25) is 0 Å². The summed E-state index contributed by atoms with van der Waals surface area (Å²) in [6.07, 6.45) is 0. The second kappa shape index (κ2) is 4.46. The maximum Gasteiger partial charge on any atom is 0.137 e. The molecule has 1 N–H and O–H groups in total. The smallest absolute Gasteiger partial charge is 0.137 e. The molecular formula is C14H18BrNO. The summed E-state index contributed by atoms with van der Waals surface area (Å²) in [4.78, 5) is 0. The van der Waals surface area contributed by atoms with Crippen LogP contribution in [0.15, 0.2) is 27.1 Å². The minimum Gasteiger partial charge on any atom is -0.459 e. The zero-order valence-electron chi connectivity index (χ0n) is 10.7. The Morgan fingerprint density at radius 1 is 1.24 bits per heavy atom. The first kappa shape index (κ1) is 12.7. The molecule has 1 aromatic heterocycles. The van der Waals surface area contributed by atoms with Crippen molar-refractivity contribution in [2.24, 2.45) is 0 Å². The molecule has 0 aliphatic carbocycles. The normalized spacial score (nSPS) is 12.3. The molecule has 0 bridgehead atoms. The average Bonchev–Trinajstić information content (AvgIpc) is 2.56. The van der Waals surface area contributed by atoms with E-state index in [2.05, 4.69) is 67.1 Å². The Hall–Kier alpha value is -0.800. The summed E-state index contributed by atoms with van der Waals surface area (Å²) in [5.41, 5.74) is 2.25. The van der Waals surface area contributed by atoms with Gasteiger partial charge in [0.25, 0.3) is 0 Å². The van der Waals surface area contributed by atoms with Crippen LogP contribution in [0.3, 0.4) is 0 Å². The molecule has 0 aliphatic heterocycles. The van der Waals surface area contributed by atoms with Crippen LogP contribution in [-0.4, -0.2) is 5.54 Å². The Bertz CT molecular complexity index is 537. The Morgan fingerprint density at radius 2 is 1.94 bits per heavy atom. The van der Waals surface area contributed by atoms with E-state index in [9.17, 15) is 0 Å². The number of benzene rings is 1. The number of fused-ring (bicyclic) bond motifs is 1. The lowest BCUT2D eigenvalue weighted by molar-refractivity contribution is 0.395. The van der Waals surface area contributed by atoms with Crippen molar-refractivity contribution in [1.29, 1.82) is 0 Å². The van der Waals surface area contributed by atoms with Gasteiger partial charge in [0.15, 0.2) is 0 Å². The predicted octanol–water partition coefficient (Wildman–Crippen LogP) is 4.39. The molecule has 0 atom stereocenters.